The number of carboxylic acid groups (broad SMARTS) is 1. The predicted molar refractivity (Wildman–Crippen MR) is 63.6 cm³/mol. The summed E-state index contributed by atoms with van der Waals surface area (Å²) < 4.78 is 0. The predicted octanol–water partition coefficient (Wildman–Crippen LogP) is 0.572. The summed E-state index contributed by atoms with van der Waals surface area (Å²) in [6.45, 7) is 3.85. The molecule has 1 amide bonds. The quantitative estimate of drug-likeness (QED) is 0.773. The van der Waals surface area contributed by atoms with E-state index in [0.717, 1.165) is 0 Å². The lowest BCUT2D eigenvalue weighted by Gasteiger charge is -2.17. The van der Waals surface area contributed by atoms with Crippen molar-refractivity contribution in [3.05, 3.63) is 11.6 Å². The number of hydrogen-bond donors (Lipinski definition) is 2. The Morgan fingerprint density at radius 3 is 2.61 bits per heavy atom. The molecule has 0 saturated heterocycles. The summed E-state index contributed by atoms with van der Waals surface area (Å²) in [6, 6.07) is 0. The average molecular weight is 254 g/mol. The molecule has 2 N–H and O–H groups in total. The minimum absolute atomic E-state index is 0.000652. The van der Waals surface area contributed by atoms with Gasteiger partial charge in [0.05, 0.1) is 6.54 Å². The highest BCUT2D eigenvalue weighted by Gasteiger charge is 2.17. The number of rotatable bonds is 6. The topological polar surface area (TPSA) is 99.2 Å². The van der Waals surface area contributed by atoms with E-state index in [4.69, 9.17) is 5.11 Å². The summed E-state index contributed by atoms with van der Waals surface area (Å²) in [4.78, 5) is 27.9. The van der Waals surface area contributed by atoms with Crippen LogP contribution < -0.4 is 0 Å². The van der Waals surface area contributed by atoms with E-state index in [9.17, 15) is 9.59 Å². The van der Waals surface area contributed by atoms with Crippen LogP contribution >= 0.6 is 0 Å². The van der Waals surface area contributed by atoms with E-state index in [1.54, 1.807) is 20.9 Å². The second-order valence-corrected chi connectivity index (χ2v) is 4.49. The normalized spacial score (nSPS) is 12.2. The van der Waals surface area contributed by atoms with E-state index >= 15 is 0 Å². The van der Waals surface area contributed by atoms with Crippen LogP contribution in [0.15, 0.2) is 0 Å². The first kappa shape index (κ1) is 14.1. The van der Waals surface area contributed by atoms with Crippen LogP contribution in [0.5, 0.6) is 0 Å². The lowest BCUT2D eigenvalue weighted by atomic mass is 10.0. The van der Waals surface area contributed by atoms with Gasteiger partial charge in [-0.05, 0) is 12.8 Å². The highest BCUT2D eigenvalue weighted by molar-refractivity contribution is 5.77. The van der Waals surface area contributed by atoms with Crippen LogP contribution in [0.25, 0.3) is 0 Å². The van der Waals surface area contributed by atoms with Crippen LogP contribution in [0.2, 0.25) is 0 Å². The van der Waals surface area contributed by atoms with Gasteiger partial charge in [0.1, 0.15) is 5.82 Å². The first-order valence-electron chi connectivity index (χ1n) is 5.72. The van der Waals surface area contributed by atoms with Gasteiger partial charge in [-0.15, -0.1) is 0 Å². The largest absolute Gasteiger partial charge is 0.481 e. The lowest BCUT2D eigenvalue weighted by molar-refractivity contribution is -0.138. The van der Waals surface area contributed by atoms with Crippen molar-refractivity contribution in [1.29, 1.82) is 0 Å². The number of aromatic nitrogens is 3. The van der Waals surface area contributed by atoms with Crippen LogP contribution in [0.1, 0.15) is 31.4 Å². The van der Waals surface area contributed by atoms with Gasteiger partial charge in [0.2, 0.25) is 5.91 Å². The zero-order valence-corrected chi connectivity index (χ0v) is 10.8. The molecule has 0 aliphatic rings. The van der Waals surface area contributed by atoms with Crippen molar-refractivity contribution in [1.82, 2.24) is 20.1 Å². The van der Waals surface area contributed by atoms with E-state index in [2.05, 4.69) is 15.2 Å². The van der Waals surface area contributed by atoms with Gasteiger partial charge in [-0.25, -0.2) is 4.98 Å². The third-order valence-electron chi connectivity index (χ3n) is 2.49. The van der Waals surface area contributed by atoms with Crippen molar-refractivity contribution in [2.24, 2.45) is 5.92 Å². The van der Waals surface area contributed by atoms with Crippen molar-refractivity contribution >= 4 is 11.9 Å². The number of carbonyl (C=O) groups excluding carboxylic acids is 1. The van der Waals surface area contributed by atoms with E-state index in [1.807, 2.05) is 0 Å². The smallest absolute Gasteiger partial charge is 0.303 e. The number of aryl methyl sites for hydroxylation is 1. The molecule has 1 aromatic rings. The molecule has 1 aromatic heterocycles. The molecule has 0 aromatic carbocycles. The third kappa shape index (κ3) is 4.52. The van der Waals surface area contributed by atoms with Crippen LogP contribution in [-0.2, 0) is 16.1 Å². The molecule has 0 aliphatic heterocycles. The monoisotopic (exact) mass is 254 g/mol. The van der Waals surface area contributed by atoms with E-state index in [1.165, 1.54) is 4.90 Å². The van der Waals surface area contributed by atoms with Gasteiger partial charge in [-0.3, -0.25) is 14.7 Å². The van der Waals surface area contributed by atoms with Crippen molar-refractivity contribution < 1.29 is 14.7 Å². The second kappa shape index (κ2) is 6.13. The first-order chi connectivity index (χ1) is 8.38. The summed E-state index contributed by atoms with van der Waals surface area (Å²) in [7, 11) is 1.65. The molecule has 0 fully saturated rings. The van der Waals surface area contributed by atoms with Crippen LogP contribution in [0.4, 0.5) is 0 Å². The molecule has 18 heavy (non-hydrogen) atoms. The zero-order valence-electron chi connectivity index (χ0n) is 10.8. The van der Waals surface area contributed by atoms with Gasteiger partial charge in [0, 0.05) is 19.9 Å². The maximum Gasteiger partial charge on any atom is 0.303 e. The molecule has 1 rings (SSSR count). The molecule has 1 atom stereocenters. The average Bonchev–Trinajstić information content (AvgIpc) is 2.62. The van der Waals surface area contributed by atoms with Gasteiger partial charge in [0.25, 0.3) is 0 Å². The number of nitrogens with zero attached hydrogens (tertiary/aromatic N) is 3. The van der Waals surface area contributed by atoms with Gasteiger partial charge in [-0.1, -0.05) is 6.92 Å². The minimum atomic E-state index is -0.887. The number of H-pyrrole nitrogens is 1. The Bertz CT molecular complexity index is 430. The zero-order chi connectivity index (χ0) is 13.7. The Morgan fingerprint density at radius 1 is 1.44 bits per heavy atom. The highest BCUT2D eigenvalue weighted by Crippen LogP contribution is 2.10. The SMILES string of the molecule is Cc1nc(CN(C)C(=O)CC(C)CC(=O)O)n[nH]1. The molecule has 7 nitrogen and oxygen atoms in total. The van der Waals surface area contributed by atoms with Gasteiger partial charge >= 0.3 is 5.97 Å². The molecule has 1 heterocycles. The van der Waals surface area contributed by atoms with E-state index in [0.29, 0.717) is 18.2 Å². The Morgan fingerprint density at radius 2 is 2.11 bits per heavy atom. The van der Waals surface area contributed by atoms with Crippen LogP contribution in [-0.4, -0.2) is 44.1 Å². The molecule has 0 bridgehead atoms. The molecule has 7 heteroatoms. The number of amides is 1. The Hall–Kier alpha value is -1.92. The Balaban J connectivity index is 2.44. The van der Waals surface area contributed by atoms with Gasteiger partial charge in [-0.2, -0.15) is 5.10 Å². The minimum Gasteiger partial charge on any atom is -0.481 e. The van der Waals surface area contributed by atoms with Crippen LogP contribution in [0, 0.1) is 12.8 Å². The lowest BCUT2D eigenvalue weighted by Crippen LogP contribution is -2.28. The maximum absolute atomic E-state index is 11.8. The molecule has 0 aliphatic carbocycles. The van der Waals surface area contributed by atoms with Crippen molar-refractivity contribution in [3.8, 4) is 0 Å². The van der Waals surface area contributed by atoms with Crippen molar-refractivity contribution in [3.63, 3.8) is 0 Å². The summed E-state index contributed by atoms with van der Waals surface area (Å²) in [6.07, 6.45) is 0.214. The summed E-state index contributed by atoms with van der Waals surface area (Å²) in [5.74, 6) is 0.0828. The van der Waals surface area contributed by atoms with Crippen molar-refractivity contribution in [2.45, 2.75) is 33.2 Å². The summed E-state index contributed by atoms with van der Waals surface area (Å²) in [5.41, 5.74) is 0. The summed E-state index contributed by atoms with van der Waals surface area (Å²) in [5, 5.41) is 15.3. The Kier molecular flexibility index (Phi) is 4.82. The summed E-state index contributed by atoms with van der Waals surface area (Å²) >= 11 is 0. The number of hydrogen-bond acceptors (Lipinski definition) is 4. The van der Waals surface area contributed by atoms with Crippen LogP contribution in [0.3, 0.4) is 0 Å². The number of carboxylic acids is 1. The molecule has 0 radical (unpaired) electrons. The molecule has 0 saturated carbocycles. The fourth-order valence-corrected chi connectivity index (χ4v) is 1.58. The molecular formula is C11H18N4O3. The first-order valence-corrected chi connectivity index (χ1v) is 5.72. The number of aliphatic carboxylic acids is 1. The maximum atomic E-state index is 11.8. The van der Waals surface area contributed by atoms with Gasteiger partial charge in [0.15, 0.2) is 5.82 Å². The van der Waals surface area contributed by atoms with Crippen molar-refractivity contribution in [2.75, 3.05) is 7.05 Å². The second-order valence-electron chi connectivity index (χ2n) is 4.49. The molecule has 0 spiro atoms. The van der Waals surface area contributed by atoms with E-state index in [-0.39, 0.29) is 24.7 Å². The number of aromatic amines is 1. The Labute approximate surface area is 105 Å². The standard InChI is InChI=1S/C11H18N4O3/c1-7(5-11(17)18)4-10(16)15(3)6-9-12-8(2)13-14-9/h7H,4-6H2,1-3H3,(H,17,18)(H,12,13,14). The molecular weight excluding hydrogens is 236 g/mol. The fraction of sp³-hybridized carbons (Fsp3) is 0.636. The molecule has 100 valence electrons. The highest BCUT2D eigenvalue weighted by atomic mass is 16.4. The number of carbonyl (C=O) groups is 2. The third-order valence-corrected chi connectivity index (χ3v) is 2.49. The van der Waals surface area contributed by atoms with Gasteiger partial charge < -0.3 is 10.0 Å². The number of nitrogens with one attached hydrogen (secondary N) is 1. The fourth-order valence-electron chi connectivity index (χ4n) is 1.58. The molecule has 1 unspecified atom stereocenters. The van der Waals surface area contributed by atoms with E-state index < -0.39 is 5.97 Å².